The van der Waals surface area contributed by atoms with Crippen LogP contribution in [0.5, 0.6) is 0 Å². The van der Waals surface area contributed by atoms with Crippen molar-refractivity contribution in [3.8, 4) is 0 Å². The maximum atomic E-state index is 5.75. The Morgan fingerprint density at radius 2 is 1.94 bits per heavy atom. The number of hydrogen-bond donors (Lipinski definition) is 1. The zero-order chi connectivity index (χ0) is 12.4. The van der Waals surface area contributed by atoms with Gasteiger partial charge < -0.3 is 19.5 Å². The zero-order valence-corrected chi connectivity index (χ0v) is 11.3. The third-order valence-electron chi connectivity index (χ3n) is 2.58. The van der Waals surface area contributed by atoms with Crippen LogP contribution >= 0.6 is 0 Å². The normalized spacial score (nSPS) is 14.1. The van der Waals surface area contributed by atoms with Crippen LogP contribution in [-0.4, -0.2) is 52.2 Å². The van der Waals surface area contributed by atoms with Crippen molar-refractivity contribution < 1.29 is 14.2 Å². The maximum Gasteiger partial charge on any atom is 0.0932 e. The lowest BCUT2D eigenvalue weighted by Crippen LogP contribution is -2.34. The highest BCUT2D eigenvalue weighted by Crippen LogP contribution is 2.13. The fourth-order valence-corrected chi connectivity index (χ4v) is 1.23. The van der Waals surface area contributed by atoms with Crippen LogP contribution in [0.3, 0.4) is 0 Å². The summed E-state index contributed by atoms with van der Waals surface area (Å²) in [5.74, 6) is 0. The molecule has 0 aromatic heterocycles. The number of nitrogens with one attached hydrogen (secondary N) is 1. The molecular formula is C12H27NO3. The Bertz CT molecular complexity index is 162. The lowest BCUT2D eigenvalue weighted by molar-refractivity contribution is -0.0431. The summed E-state index contributed by atoms with van der Waals surface area (Å²) in [6.07, 6.45) is 1.01. The van der Waals surface area contributed by atoms with Crippen molar-refractivity contribution in [1.82, 2.24) is 5.32 Å². The zero-order valence-electron chi connectivity index (χ0n) is 11.3. The largest absolute Gasteiger partial charge is 0.382 e. The monoisotopic (exact) mass is 233 g/mol. The van der Waals surface area contributed by atoms with Crippen LogP contribution in [0.1, 0.15) is 27.2 Å². The Balaban J connectivity index is 3.74. The van der Waals surface area contributed by atoms with Crippen molar-refractivity contribution in [2.24, 2.45) is 0 Å². The van der Waals surface area contributed by atoms with E-state index in [0.717, 1.165) is 19.5 Å². The summed E-state index contributed by atoms with van der Waals surface area (Å²) in [4.78, 5) is 0. The number of hydrogen-bond acceptors (Lipinski definition) is 4. The van der Waals surface area contributed by atoms with Gasteiger partial charge in [0.1, 0.15) is 0 Å². The quantitative estimate of drug-likeness (QED) is 0.620. The average molecular weight is 233 g/mol. The Morgan fingerprint density at radius 1 is 1.25 bits per heavy atom. The van der Waals surface area contributed by atoms with Crippen LogP contribution in [0.4, 0.5) is 0 Å². The van der Waals surface area contributed by atoms with Gasteiger partial charge in [0.2, 0.25) is 0 Å². The van der Waals surface area contributed by atoms with Gasteiger partial charge in [-0.25, -0.2) is 0 Å². The molecule has 4 nitrogen and oxygen atoms in total. The first-order valence-electron chi connectivity index (χ1n) is 5.92. The molecule has 1 unspecified atom stereocenters. The Labute approximate surface area is 99.6 Å². The van der Waals surface area contributed by atoms with Crippen molar-refractivity contribution >= 4 is 0 Å². The summed E-state index contributed by atoms with van der Waals surface area (Å²) in [6.45, 7) is 9.31. The number of rotatable bonds is 10. The highest BCUT2D eigenvalue weighted by atomic mass is 16.5. The number of ether oxygens (including phenoxy) is 3. The SMILES string of the molecule is CCNCC(COC)OCCC(C)(C)OC. The molecule has 1 N–H and O–H groups in total. The van der Waals surface area contributed by atoms with Crippen LogP contribution in [0.25, 0.3) is 0 Å². The molecule has 0 aromatic carbocycles. The minimum atomic E-state index is -0.115. The van der Waals surface area contributed by atoms with E-state index in [9.17, 15) is 0 Å². The van der Waals surface area contributed by atoms with Crippen molar-refractivity contribution in [2.45, 2.75) is 38.9 Å². The Morgan fingerprint density at radius 3 is 2.44 bits per heavy atom. The topological polar surface area (TPSA) is 39.7 Å². The minimum Gasteiger partial charge on any atom is -0.382 e. The van der Waals surface area contributed by atoms with Gasteiger partial charge in [-0.1, -0.05) is 6.92 Å². The first-order valence-corrected chi connectivity index (χ1v) is 5.92. The second-order valence-electron chi connectivity index (χ2n) is 4.47. The summed E-state index contributed by atoms with van der Waals surface area (Å²) in [7, 11) is 3.42. The molecule has 0 bridgehead atoms. The highest BCUT2D eigenvalue weighted by molar-refractivity contribution is 4.68. The predicted molar refractivity (Wildman–Crippen MR) is 65.9 cm³/mol. The smallest absolute Gasteiger partial charge is 0.0932 e. The molecule has 0 saturated heterocycles. The van der Waals surface area contributed by atoms with Gasteiger partial charge in [-0.2, -0.15) is 0 Å². The summed E-state index contributed by atoms with van der Waals surface area (Å²) < 4.78 is 16.2. The second kappa shape index (κ2) is 8.93. The minimum absolute atomic E-state index is 0.115. The van der Waals surface area contributed by atoms with Crippen LogP contribution in [0.15, 0.2) is 0 Å². The molecule has 0 amide bonds. The first-order chi connectivity index (χ1) is 7.55. The van der Waals surface area contributed by atoms with E-state index in [1.165, 1.54) is 0 Å². The van der Waals surface area contributed by atoms with Crippen LogP contribution in [0, 0.1) is 0 Å². The lowest BCUT2D eigenvalue weighted by Gasteiger charge is -2.24. The van der Waals surface area contributed by atoms with Gasteiger partial charge in [0.05, 0.1) is 18.3 Å². The second-order valence-corrected chi connectivity index (χ2v) is 4.47. The highest BCUT2D eigenvalue weighted by Gasteiger charge is 2.17. The summed E-state index contributed by atoms with van der Waals surface area (Å²) >= 11 is 0. The molecular weight excluding hydrogens is 206 g/mol. The van der Waals surface area contributed by atoms with Gasteiger partial charge >= 0.3 is 0 Å². The molecule has 0 radical (unpaired) electrons. The van der Waals surface area contributed by atoms with Gasteiger partial charge in [-0.3, -0.25) is 0 Å². The molecule has 0 spiro atoms. The molecule has 0 rings (SSSR count). The van der Waals surface area contributed by atoms with Gasteiger partial charge in [0.25, 0.3) is 0 Å². The molecule has 0 aliphatic rings. The average Bonchev–Trinajstić information content (AvgIpc) is 2.25. The van der Waals surface area contributed by atoms with Crippen molar-refractivity contribution in [3.05, 3.63) is 0 Å². The Hall–Kier alpha value is -0.160. The number of likely N-dealkylation sites (N-methyl/N-ethyl adjacent to an activating group) is 1. The molecule has 1 atom stereocenters. The van der Waals surface area contributed by atoms with E-state index in [-0.39, 0.29) is 11.7 Å². The third kappa shape index (κ3) is 8.05. The predicted octanol–water partition coefficient (Wildman–Crippen LogP) is 1.44. The summed E-state index contributed by atoms with van der Waals surface area (Å²) in [6, 6.07) is 0. The lowest BCUT2D eigenvalue weighted by atomic mass is 10.1. The van der Waals surface area contributed by atoms with E-state index < -0.39 is 0 Å². The summed E-state index contributed by atoms with van der Waals surface area (Å²) in [5.41, 5.74) is -0.115. The number of methoxy groups -OCH3 is 2. The van der Waals surface area contributed by atoms with E-state index in [2.05, 4.69) is 26.1 Å². The van der Waals surface area contributed by atoms with Gasteiger partial charge in [-0.15, -0.1) is 0 Å². The van der Waals surface area contributed by atoms with E-state index >= 15 is 0 Å². The molecule has 98 valence electrons. The van der Waals surface area contributed by atoms with E-state index in [1.54, 1.807) is 14.2 Å². The molecule has 0 saturated carbocycles. The molecule has 0 aliphatic carbocycles. The van der Waals surface area contributed by atoms with E-state index in [1.807, 2.05) is 0 Å². The fourth-order valence-electron chi connectivity index (χ4n) is 1.23. The van der Waals surface area contributed by atoms with Crippen LogP contribution < -0.4 is 5.32 Å². The first kappa shape index (κ1) is 15.8. The van der Waals surface area contributed by atoms with Gasteiger partial charge in [0.15, 0.2) is 0 Å². The van der Waals surface area contributed by atoms with Crippen molar-refractivity contribution in [3.63, 3.8) is 0 Å². The molecule has 0 heterocycles. The molecule has 0 aromatic rings. The van der Waals surface area contributed by atoms with Crippen LogP contribution in [-0.2, 0) is 14.2 Å². The van der Waals surface area contributed by atoms with E-state index in [4.69, 9.17) is 14.2 Å². The van der Waals surface area contributed by atoms with Crippen LogP contribution in [0.2, 0.25) is 0 Å². The standard InChI is InChI=1S/C12H27NO3/c1-6-13-9-11(10-14-4)16-8-7-12(2,3)15-5/h11,13H,6-10H2,1-5H3. The molecule has 4 heteroatoms. The fraction of sp³-hybridized carbons (Fsp3) is 1.00. The van der Waals surface area contributed by atoms with Crippen molar-refractivity contribution in [1.29, 1.82) is 0 Å². The molecule has 16 heavy (non-hydrogen) atoms. The molecule has 0 fully saturated rings. The molecule has 0 aliphatic heterocycles. The van der Waals surface area contributed by atoms with E-state index in [0.29, 0.717) is 13.2 Å². The third-order valence-corrected chi connectivity index (χ3v) is 2.58. The Kier molecular flexibility index (Phi) is 8.84. The van der Waals surface area contributed by atoms with Crippen molar-refractivity contribution in [2.75, 3.05) is 40.5 Å². The summed E-state index contributed by atoms with van der Waals surface area (Å²) in [5, 5.41) is 3.26. The van der Waals surface area contributed by atoms with Gasteiger partial charge in [-0.05, 0) is 26.8 Å². The maximum absolute atomic E-state index is 5.75. The van der Waals surface area contributed by atoms with Gasteiger partial charge in [0, 0.05) is 27.4 Å².